The van der Waals surface area contributed by atoms with Crippen LogP contribution >= 0.6 is 0 Å². The molecule has 0 saturated heterocycles. The predicted octanol–water partition coefficient (Wildman–Crippen LogP) is 3.32. The third kappa shape index (κ3) is 7.70. The smallest absolute Gasteiger partial charge is 0.222 e. The average molecular weight is 256 g/mol. The summed E-state index contributed by atoms with van der Waals surface area (Å²) in [5.41, 5.74) is 5.73. The molecule has 18 heavy (non-hydrogen) atoms. The molecule has 0 bridgehead atoms. The van der Waals surface area contributed by atoms with Crippen LogP contribution < -0.4 is 5.73 Å². The molecule has 3 heteroatoms. The maximum Gasteiger partial charge on any atom is 0.222 e. The number of nitrogens with zero attached hydrogens (tertiary/aromatic N) is 1. The summed E-state index contributed by atoms with van der Waals surface area (Å²) >= 11 is 0. The Kier molecular flexibility index (Phi) is 10.0. The van der Waals surface area contributed by atoms with E-state index in [4.69, 9.17) is 5.73 Å². The van der Waals surface area contributed by atoms with E-state index in [1.54, 1.807) is 0 Å². The van der Waals surface area contributed by atoms with Crippen molar-refractivity contribution in [3.05, 3.63) is 0 Å². The fourth-order valence-corrected chi connectivity index (χ4v) is 2.19. The summed E-state index contributed by atoms with van der Waals surface area (Å²) in [5.74, 6) is 0.282. The fraction of sp³-hybridized carbons (Fsp3) is 0.933. The van der Waals surface area contributed by atoms with Crippen LogP contribution in [0.1, 0.15) is 72.6 Å². The van der Waals surface area contributed by atoms with Gasteiger partial charge in [0.05, 0.1) is 0 Å². The van der Waals surface area contributed by atoms with E-state index in [9.17, 15) is 4.79 Å². The van der Waals surface area contributed by atoms with Gasteiger partial charge in [-0.1, -0.05) is 33.1 Å². The Morgan fingerprint density at radius 3 is 2.28 bits per heavy atom. The van der Waals surface area contributed by atoms with Gasteiger partial charge in [0.2, 0.25) is 5.91 Å². The van der Waals surface area contributed by atoms with Crippen LogP contribution in [0.4, 0.5) is 0 Å². The van der Waals surface area contributed by atoms with Crippen LogP contribution in [-0.2, 0) is 4.79 Å². The number of carbonyl (C=O) groups excluding carboxylic acids is 1. The van der Waals surface area contributed by atoms with E-state index in [2.05, 4.69) is 25.7 Å². The minimum absolute atomic E-state index is 0.118. The summed E-state index contributed by atoms with van der Waals surface area (Å²) in [7, 11) is 0. The fourth-order valence-electron chi connectivity index (χ4n) is 2.19. The van der Waals surface area contributed by atoms with Crippen molar-refractivity contribution in [2.45, 2.75) is 84.7 Å². The van der Waals surface area contributed by atoms with Crippen LogP contribution in [0.2, 0.25) is 0 Å². The molecule has 0 aliphatic heterocycles. The van der Waals surface area contributed by atoms with Crippen molar-refractivity contribution in [1.29, 1.82) is 0 Å². The average Bonchev–Trinajstić information content (AvgIpc) is 2.32. The van der Waals surface area contributed by atoms with Gasteiger partial charge < -0.3 is 10.6 Å². The Labute approximate surface area is 113 Å². The van der Waals surface area contributed by atoms with Gasteiger partial charge in [-0.15, -0.1) is 0 Å². The SMILES string of the molecule is CCCCCN(C(=O)CCC(C)N)C(C)CCC. The second kappa shape index (κ2) is 10.4. The van der Waals surface area contributed by atoms with Gasteiger partial charge in [0, 0.05) is 25.0 Å². The number of amides is 1. The minimum Gasteiger partial charge on any atom is -0.340 e. The highest BCUT2D eigenvalue weighted by Gasteiger charge is 2.18. The summed E-state index contributed by atoms with van der Waals surface area (Å²) < 4.78 is 0. The first kappa shape index (κ1) is 17.4. The van der Waals surface area contributed by atoms with E-state index < -0.39 is 0 Å². The summed E-state index contributed by atoms with van der Waals surface area (Å²) in [5, 5.41) is 0. The lowest BCUT2D eigenvalue weighted by molar-refractivity contribution is -0.133. The highest BCUT2D eigenvalue weighted by Crippen LogP contribution is 2.12. The predicted molar refractivity (Wildman–Crippen MR) is 78.5 cm³/mol. The summed E-state index contributed by atoms with van der Waals surface area (Å²) in [4.78, 5) is 14.3. The molecule has 0 spiro atoms. The van der Waals surface area contributed by atoms with Crippen LogP contribution in [0.15, 0.2) is 0 Å². The van der Waals surface area contributed by atoms with E-state index in [0.717, 1.165) is 32.2 Å². The standard InChI is InChI=1S/C15H32N2O/c1-5-7-8-12-17(14(4)9-6-2)15(18)11-10-13(3)16/h13-14H,5-12,16H2,1-4H3. The van der Waals surface area contributed by atoms with E-state index in [-0.39, 0.29) is 11.9 Å². The second-order valence-electron chi connectivity index (χ2n) is 5.45. The first-order chi connectivity index (χ1) is 8.52. The zero-order valence-corrected chi connectivity index (χ0v) is 12.7. The molecule has 0 saturated carbocycles. The first-order valence-electron chi connectivity index (χ1n) is 7.57. The number of carbonyl (C=O) groups is 1. The van der Waals surface area contributed by atoms with Crippen LogP contribution in [0.25, 0.3) is 0 Å². The quantitative estimate of drug-likeness (QED) is 0.609. The van der Waals surface area contributed by atoms with Crippen molar-refractivity contribution in [2.24, 2.45) is 5.73 Å². The van der Waals surface area contributed by atoms with Crippen LogP contribution in [0.3, 0.4) is 0 Å². The van der Waals surface area contributed by atoms with Gasteiger partial charge in [0.1, 0.15) is 0 Å². The van der Waals surface area contributed by atoms with Gasteiger partial charge in [-0.2, -0.15) is 0 Å². The highest BCUT2D eigenvalue weighted by molar-refractivity contribution is 5.76. The second-order valence-corrected chi connectivity index (χ2v) is 5.45. The van der Waals surface area contributed by atoms with Gasteiger partial charge in [-0.05, 0) is 33.1 Å². The highest BCUT2D eigenvalue weighted by atomic mass is 16.2. The molecule has 0 heterocycles. The van der Waals surface area contributed by atoms with Gasteiger partial charge in [0.15, 0.2) is 0 Å². The Morgan fingerprint density at radius 1 is 1.11 bits per heavy atom. The Bertz CT molecular complexity index is 217. The molecule has 0 aromatic carbocycles. The molecule has 0 radical (unpaired) electrons. The lowest BCUT2D eigenvalue weighted by Gasteiger charge is -2.29. The Hall–Kier alpha value is -0.570. The zero-order chi connectivity index (χ0) is 14.0. The zero-order valence-electron chi connectivity index (χ0n) is 12.7. The molecule has 0 aromatic rings. The monoisotopic (exact) mass is 256 g/mol. The molecule has 0 fully saturated rings. The van der Waals surface area contributed by atoms with Crippen molar-refractivity contribution >= 4 is 5.91 Å². The van der Waals surface area contributed by atoms with Crippen LogP contribution in [0.5, 0.6) is 0 Å². The van der Waals surface area contributed by atoms with Crippen LogP contribution in [0, 0.1) is 0 Å². The number of unbranched alkanes of at least 4 members (excludes halogenated alkanes) is 2. The normalized spacial score (nSPS) is 14.3. The third-order valence-corrected chi connectivity index (χ3v) is 3.37. The van der Waals surface area contributed by atoms with Gasteiger partial charge >= 0.3 is 0 Å². The summed E-state index contributed by atoms with van der Waals surface area (Å²) in [6, 6.07) is 0.486. The van der Waals surface area contributed by atoms with Crippen molar-refractivity contribution in [1.82, 2.24) is 4.90 Å². The lowest BCUT2D eigenvalue weighted by Crippen LogP contribution is -2.39. The van der Waals surface area contributed by atoms with Crippen molar-refractivity contribution < 1.29 is 4.79 Å². The number of rotatable bonds is 10. The number of nitrogens with two attached hydrogens (primary N) is 1. The van der Waals surface area contributed by atoms with Crippen molar-refractivity contribution in [2.75, 3.05) is 6.54 Å². The summed E-state index contributed by atoms with van der Waals surface area (Å²) in [6.07, 6.45) is 7.14. The maximum atomic E-state index is 12.2. The van der Waals surface area contributed by atoms with E-state index in [1.807, 2.05) is 6.92 Å². The van der Waals surface area contributed by atoms with Crippen molar-refractivity contribution in [3.8, 4) is 0 Å². The molecule has 0 aliphatic carbocycles. The maximum absolute atomic E-state index is 12.2. The largest absolute Gasteiger partial charge is 0.340 e. The van der Waals surface area contributed by atoms with E-state index in [0.29, 0.717) is 12.5 Å². The van der Waals surface area contributed by atoms with Gasteiger partial charge in [-0.3, -0.25) is 4.79 Å². The number of hydrogen-bond acceptors (Lipinski definition) is 2. The Morgan fingerprint density at radius 2 is 1.78 bits per heavy atom. The molecule has 0 aromatic heterocycles. The lowest BCUT2D eigenvalue weighted by atomic mass is 10.1. The molecule has 2 unspecified atom stereocenters. The summed E-state index contributed by atoms with van der Waals surface area (Å²) in [6.45, 7) is 9.40. The molecular formula is C15H32N2O. The topological polar surface area (TPSA) is 46.3 Å². The minimum atomic E-state index is 0.118. The van der Waals surface area contributed by atoms with Crippen molar-refractivity contribution in [3.63, 3.8) is 0 Å². The van der Waals surface area contributed by atoms with E-state index >= 15 is 0 Å². The van der Waals surface area contributed by atoms with E-state index in [1.165, 1.54) is 12.8 Å². The number of hydrogen-bond donors (Lipinski definition) is 1. The Balaban J connectivity index is 4.29. The molecule has 0 rings (SSSR count). The molecule has 1 amide bonds. The first-order valence-corrected chi connectivity index (χ1v) is 7.57. The van der Waals surface area contributed by atoms with Gasteiger partial charge in [0.25, 0.3) is 0 Å². The third-order valence-electron chi connectivity index (χ3n) is 3.37. The van der Waals surface area contributed by atoms with Crippen LogP contribution in [-0.4, -0.2) is 29.4 Å². The molecular weight excluding hydrogens is 224 g/mol. The molecule has 2 N–H and O–H groups in total. The molecule has 0 aliphatic rings. The molecule has 2 atom stereocenters. The molecule has 108 valence electrons. The molecule has 3 nitrogen and oxygen atoms in total. The van der Waals surface area contributed by atoms with Gasteiger partial charge in [-0.25, -0.2) is 0 Å².